The van der Waals surface area contributed by atoms with Gasteiger partial charge in [0.2, 0.25) is 15.9 Å². The molecule has 0 aliphatic heterocycles. The van der Waals surface area contributed by atoms with Gasteiger partial charge in [0.25, 0.3) is 0 Å². The molecule has 94 valence electrons. The van der Waals surface area contributed by atoms with E-state index in [1.807, 2.05) is 0 Å². The molecule has 0 heterocycles. The highest BCUT2D eigenvalue weighted by molar-refractivity contribution is 7.89. The highest BCUT2D eigenvalue weighted by Gasteiger charge is 2.23. The molecule has 0 aliphatic rings. The first-order valence-electron chi connectivity index (χ1n) is 4.39. The van der Waals surface area contributed by atoms with E-state index < -0.39 is 15.9 Å². The molecule has 0 saturated carbocycles. The van der Waals surface area contributed by atoms with Crippen LogP contribution in [0.4, 0.5) is 0 Å². The molecule has 0 fully saturated rings. The van der Waals surface area contributed by atoms with Crippen LogP contribution < -0.4 is 5.73 Å². The second kappa shape index (κ2) is 4.81. The maximum Gasteiger partial charge on any atom is 0.250 e. The summed E-state index contributed by atoms with van der Waals surface area (Å²) in [7, 11) is -1.04. The van der Waals surface area contributed by atoms with Crippen LogP contribution in [0.15, 0.2) is 17.0 Å². The number of carbonyl (C=O) groups excluding carboxylic acids is 1. The number of amides is 1. The molecule has 0 aliphatic carbocycles. The van der Waals surface area contributed by atoms with Gasteiger partial charge in [0.05, 0.1) is 15.6 Å². The van der Waals surface area contributed by atoms with Gasteiger partial charge in [-0.3, -0.25) is 4.79 Å². The van der Waals surface area contributed by atoms with Crippen molar-refractivity contribution in [1.82, 2.24) is 4.31 Å². The van der Waals surface area contributed by atoms with E-state index in [1.165, 1.54) is 20.2 Å². The molecule has 0 unspecified atom stereocenters. The predicted octanol–water partition coefficient (Wildman–Crippen LogP) is 1.34. The minimum Gasteiger partial charge on any atom is -0.366 e. The average molecular weight is 297 g/mol. The average Bonchev–Trinajstić information content (AvgIpc) is 2.15. The SMILES string of the molecule is CN(C)S(=O)(=O)c1cc(C(N)=O)c(Cl)cc1Cl. The molecule has 0 spiro atoms. The van der Waals surface area contributed by atoms with Crippen LogP contribution in [0, 0.1) is 0 Å². The Bertz CT molecular complexity index is 570. The fraction of sp³-hybridized carbons (Fsp3) is 0.222. The van der Waals surface area contributed by atoms with Crippen molar-refractivity contribution in [3.8, 4) is 0 Å². The number of primary amides is 1. The molecule has 2 N–H and O–H groups in total. The fourth-order valence-electron chi connectivity index (χ4n) is 1.11. The van der Waals surface area contributed by atoms with Gasteiger partial charge >= 0.3 is 0 Å². The molecule has 5 nitrogen and oxygen atoms in total. The van der Waals surface area contributed by atoms with Crippen LogP contribution in [0.5, 0.6) is 0 Å². The van der Waals surface area contributed by atoms with Crippen LogP contribution in [0.2, 0.25) is 10.0 Å². The summed E-state index contributed by atoms with van der Waals surface area (Å²) in [5.41, 5.74) is 4.99. The van der Waals surface area contributed by atoms with Crippen molar-refractivity contribution in [3.05, 3.63) is 27.7 Å². The molecule has 17 heavy (non-hydrogen) atoms. The Morgan fingerprint density at radius 1 is 1.24 bits per heavy atom. The summed E-state index contributed by atoms with van der Waals surface area (Å²) in [6.07, 6.45) is 0. The lowest BCUT2D eigenvalue weighted by atomic mass is 10.2. The number of nitrogens with zero attached hydrogens (tertiary/aromatic N) is 1. The molecule has 0 bridgehead atoms. The van der Waals surface area contributed by atoms with Crippen molar-refractivity contribution in [3.63, 3.8) is 0 Å². The molecular weight excluding hydrogens is 287 g/mol. The number of nitrogens with two attached hydrogens (primary N) is 1. The van der Waals surface area contributed by atoms with Gasteiger partial charge in [-0.25, -0.2) is 12.7 Å². The van der Waals surface area contributed by atoms with Crippen molar-refractivity contribution >= 4 is 39.1 Å². The van der Waals surface area contributed by atoms with Gasteiger partial charge in [-0.2, -0.15) is 0 Å². The second-order valence-electron chi connectivity index (χ2n) is 3.41. The van der Waals surface area contributed by atoms with E-state index in [1.54, 1.807) is 0 Å². The minimum absolute atomic E-state index is 0.0141. The van der Waals surface area contributed by atoms with Crippen molar-refractivity contribution in [2.45, 2.75) is 4.90 Å². The molecule has 1 rings (SSSR count). The van der Waals surface area contributed by atoms with Crippen molar-refractivity contribution < 1.29 is 13.2 Å². The lowest BCUT2D eigenvalue weighted by molar-refractivity contribution is 0.1000. The van der Waals surface area contributed by atoms with E-state index in [0.29, 0.717) is 0 Å². The number of rotatable bonds is 3. The van der Waals surface area contributed by atoms with Gasteiger partial charge in [-0.15, -0.1) is 0 Å². The first-order valence-corrected chi connectivity index (χ1v) is 6.59. The second-order valence-corrected chi connectivity index (χ2v) is 6.35. The Balaban J connectivity index is 3.57. The number of hydrogen-bond donors (Lipinski definition) is 1. The Labute approximate surface area is 109 Å². The van der Waals surface area contributed by atoms with Gasteiger partial charge < -0.3 is 5.73 Å². The van der Waals surface area contributed by atoms with E-state index in [-0.39, 0.29) is 20.5 Å². The molecule has 0 atom stereocenters. The summed E-state index contributed by atoms with van der Waals surface area (Å²) in [4.78, 5) is 10.9. The topological polar surface area (TPSA) is 80.5 Å². The molecule has 0 saturated heterocycles. The number of benzene rings is 1. The zero-order valence-electron chi connectivity index (χ0n) is 9.07. The maximum absolute atomic E-state index is 11.9. The smallest absolute Gasteiger partial charge is 0.250 e. The largest absolute Gasteiger partial charge is 0.366 e. The number of hydrogen-bond acceptors (Lipinski definition) is 3. The van der Waals surface area contributed by atoms with Gasteiger partial charge in [-0.1, -0.05) is 23.2 Å². The van der Waals surface area contributed by atoms with Crippen LogP contribution >= 0.6 is 23.2 Å². The first kappa shape index (κ1) is 14.2. The third-order valence-corrected chi connectivity index (χ3v) is 4.64. The lowest BCUT2D eigenvalue weighted by Gasteiger charge is -2.13. The molecular formula is C9H10Cl2N2O3S. The minimum atomic E-state index is -3.75. The van der Waals surface area contributed by atoms with Crippen LogP contribution in [0.1, 0.15) is 10.4 Å². The van der Waals surface area contributed by atoms with Crippen molar-refractivity contribution in [1.29, 1.82) is 0 Å². The molecule has 1 amide bonds. The Morgan fingerprint density at radius 3 is 2.18 bits per heavy atom. The number of sulfonamides is 1. The molecule has 0 aromatic heterocycles. The highest BCUT2D eigenvalue weighted by Crippen LogP contribution is 2.29. The zero-order chi connectivity index (χ0) is 13.4. The van der Waals surface area contributed by atoms with E-state index in [9.17, 15) is 13.2 Å². The summed E-state index contributed by atoms with van der Waals surface area (Å²) in [5.74, 6) is -0.818. The maximum atomic E-state index is 11.9. The quantitative estimate of drug-likeness (QED) is 0.914. The highest BCUT2D eigenvalue weighted by atomic mass is 35.5. The Morgan fingerprint density at radius 2 is 1.76 bits per heavy atom. The summed E-state index contributed by atoms with van der Waals surface area (Å²) >= 11 is 11.5. The van der Waals surface area contributed by atoms with E-state index in [4.69, 9.17) is 28.9 Å². The van der Waals surface area contributed by atoms with E-state index in [0.717, 1.165) is 10.4 Å². The fourth-order valence-corrected chi connectivity index (χ4v) is 2.85. The summed E-state index contributed by atoms with van der Waals surface area (Å²) < 4.78 is 24.7. The summed E-state index contributed by atoms with van der Waals surface area (Å²) in [6.45, 7) is 0. The molecule has 8 heteroatoms. The number of carbonyl (C=O) groups is 1. The van der Waals surface area contributed by atoms with Crippen LogP contribution in [-0.4, -0.2) is 32.7 Å². The van der Waals surface area contributed by atoms with Gasteiger partial charge in [0, 0.05) is 14.1 Å². The van der Waals surface area contributed by atoms with Crippen molar-refractivity contribution in [2.24, 2.45) is 5.73 Å². The van der Waals surface area contributed by atoms with Crippen LogP contribution in [0.25, 0.3) is 0 Å². The van der Waals surface area contributed by atoms with E-state index in [2.05, 4.69) is 0 Å². The van der Waals surface area contributed by atoms with Crippen LogP contribution in [-0.2, 0) is 10.0 Å². The van der Waals surface area contributed by atoms with Crippen LogP contribution in [0.3, 0.4) is 0 Å². The molecule has 1 aromatic rings. The molecule has 1 aromatic carbocycles. The third kappa shape index (κ3) is 2.71. The van der Waals surface area contributed by atoms with E-state index >= 15 is 0 Å². The lowest BCUT2D eigenvalue weighted by Crippen LogP contribution is -2.23. The number of halogens is 2. The van der Waals surface area contributed by atoms with Gasteiger partial charge in [-0.05, 0) is 12.1 Å². The monoisotopic (exact) mass is 296 g/mol. The zero-order valence-corrected chi connectivity index (χ0v) is 11.4. The Kier molecular flexibility index (Phi) is 4.03. The third-order valence-electron chi connectivity index (χ3n) is 2.05. The van der Waals surface area contributed by atoms with Crippen molar-refractivity contribution in [2.75, 3.05) is 14.1 Å². The molecule has 0 radical (unpaired) electrons. The first-order chi connectivity index (χ1) is 7.67. The summed E-state index contributed by atoms with van der Waals surface area (Å²) in [6, 6.07) is 2.25. The van der Waals surface area contributed by atoms with Gasteiger partial charge in [0.15, 0.2) is 0 Å². The predicted molar refractivity (Wildman–Crippen MR) is 65.9 cm³/mol. The summed E-state index contributed by atoms with van der Waals surface area (Å²) in [5, 5.41) is -0.0473. The normalized spacial score (nSPS) is 11.8. The standard InChI is InChI=1S/C9H10Cl2N2O3S/c1-13(2)17(15,16)8-3-5(9(12)14)6(10)4-7(8)11/h3-4H,1-2H3,(H2,12,14). The van der Waals surface area contributed by atoms with Gasteiger partial charge in [0.1, 0.15) is 4.90 Å². The Hall–Kier alpha value is -0.820.